The van der Waals surface area contributed by atoms with Crippen LogP contribution in [0.15, 0.2) is 35.9 Å². The topological polar surface area (TPSA) is 107 Å². The number of aliphatic hydroxyl groups is 1. The molecule has 0 spiro atoms. The molecule has 2 aromatic carbocycles. The summed E-state index contributed by atoms with van der Waals surface area (Å²) in [6.45, 7) is 7.36. The summed E-state index contributed by atoms with van der Waals surface area (Å²) in [6, 6.07) is 6.22. The smallest absolute Gasteiger partial charge is 0.295 e. The maximum absolute atomic E-state index is 14.9. The average Bonchev–Trinajstić information content (AvgIpc) is 3.22. The molecule has 2 aliphatic rings. The first-order valence-electron chi connectivity index (χ1n) is 13.5. The lowest BCUT2D eigenvalue weighted by molar-refractivity contribution is -0.140. The minimum atomic E-state index is -0.983. The zero-order valence-corrected chi connectivity index (χ0v) is 24.1. The molecule has 11 heteroatoms. The lowest BCUT2D eigenvalue weighted by Gasteiger charge is -2.29. The van der Waals surface area contributed by atoms with Gasteiger partial charge in [-0.25, -0.2) is 4.39 Å². The predicted molar refractivity (Wildman–Crippen MR) is 149 cm³/mol. The fourth-order valence-electron chi connectivity index (χ4n) is 5.16. The van der Waals surface area contributed by atoms with Crippen LogP contribution in [0.2, 0.25) is 0 Å². The number of amides is 1. The van der Waals surface area contributed by atoms with Gasteiger partial charge in [0, 0.05) is 31.7 Å². The molecule has 2 fully saturated rings. The van der Waals surface area contributed by atoms with Crippen molar-refractivity contribution in [3.63, 3.8) is 0 Å². The molecule has 10 nitrogen and oxygen atoms in total. The van der Waals surface area contributed by atoms with Crippen LogP contribution >= 0.6 is 0 Å². The van der Waals surface area contributed by atoms with Crippen molar-refractivity contribution in [2.75, 3.05) is 60.7 Å². The summed E-state index contributed by atoms with van der Waals surface area (Å²) in [5.41, 5.74) is 0.349. The number of benzene rings is 2. The van der Waals surface area contributed by atoms with E-state index in [2.05, 4.69) is 4.90 Å². The van der Waals surface area contributed by atoms with E-state index in [1.807, 2.05) is 0 Å². The molecule has 2 aromatic rings. The van der Waals surface area contributed by atoms with Crippen LogP contribution in [-0.2, 0) is 14.3 Å². The number of morpholine rings is 1. The van der Waals surface area contributed by atoms with Gasteiger partial charge in [-0.05, 0) is 56.2 Å². The van der Waals surface area contributed by atoms with Crippen LogP contribution in [-0.4, -0.2) is 93.4 Å². The second-order valence-corrected chi connectivity index (χ2v) is 10.1. The normalized spacial score (nSPS) is 19.1. The second kappa shape index (κ2) is 13.2. The van der Waals surface area contributed by atoms with Gasteiger partial charge in [-0.15, -0.1) is 0 Å². The molecule has 2 saturated heterocycles. The molecule has 2 heterocycles. The number of carbonyl (C=O) groups is 2. The van der Waals surface area contributed by atoms with Crippen molar-refractivity contribution in [3.05, 3.63) is 52.8 Å². The maximum atomic E-state index is 14.9. The highest BCUT2D eigenvalue weighted by atomic mass is 19.1. The highest BCUT2D eigenvalue weighted by molar-refractivity contribution is 6.46. The molecule has 1 atom stereocenters. The first-order chi connectivity index (χ1) is 19.7. The molecule has 0 saturated carbocycles. The predicted octanol–water partition coefficient (Wildman–Crippen LogP) is 3.78. The third-order valence-corrected chi connectivity index (χ3v) is 7.09. The Morgan fingerprint density at radius 1 is 1.00 bits per heavy atom. The highest BCUT2D eigenvalue weighted by Crippen LogP contribution is 2.46. The maximum Gasteiger partial charge on any atom is 0.295 e. The van der Waals surface area contributed by atoms with Gasteiger partial charge in [-0.3, -0.25) is 14.5 Å². The van der Waals surface area contributed by atoms with Gasteiger partial charge in [0.05, 0.1) is 52.3 Å². The van der Waals surface area contributed by atoms with Gasteiger partial charge in [0.25, 0.3) is 11.7 Å². The third kappa shape index (κ3) is 6.41. The van der Waals surface area contributed by atoms with Crippen LogP contribution in [0.1, 0.15) is 37.4 Å². The standard InChI is InChI=1S/C30H37FN2O8/c1-18(2)41-22-8-7-19(15-21(22)31)27(34)25-26(20-16-23(37-3)29(39-5)24(17-20)38-4)33(30(36)28(25)35)10-6-9-32-11-13-40-14-12-32/h7-8,15-18,26,34H,6,9-14H2,1-5H3/b27-25-. The van der Waals surface area contributed by atoms with Crippen molar-refractivity contribution in [1.82, 2.24) is 9.80 Å². The van der Waals surface area contributed by atoms with Crippen LogP contribution < -0.4 is 18.9 Å². The Labute approximate surface area is 239 Å². The van der Waals surface area contributed by atoms with Crippen LogP contribution in [0, 0.1) is 5.82 Å². The number of Topliss-reactive ketones (excluding diaryl/α,β-unsaturated/α-hetero) is 1. The molecule has 1 amide bonds. The Bertz CT molecular complexity index is 1280. The Morgan fingerprint density at radius 3 is 2.22 bits per heavy atom. The van der Waals surface area contributed by atoms with Gasteiger partial charge in [0.15, 0.2) is 23.1 Å². The summed E-state index contributed by atoms with van der Waals surface area (Å²) >= 11 is 0. The largest absolute Gasteiger partial charge is 0.507 e. The van der Waals surface area contributed by atoms with Gasteiger partial charge < -0.3 is 33.7 Å². The van der Waals surface area contributed by atoms with E-state index in [1.165, 1.54) is 38.4 Å². The fraction of sp³-hybridized carbons (Fsp3) is 0.467. The van der Waals surface area contributed by atoms with Gasteiger partial charge in [0.2, 0.25) is 5.75 Å². The van der Waals surface area contributed by atoms with E-state index < -0.39 is 29.3 Å². The number of methoxy groups -OCH3 is 3. The molecule has 0 bridgehead atoms. The Kier molecular flexibility index (Phi) is 9.72. The first-order valence-corrected chi connectivity index (χ1v) is 13.5. The van der Waals surface area contributed by atoms with E-state index in [0.29, 0.717) is 49.0 Å². The number of ether oxygens (including phenoxy) is 5. The zero-order chi connectivity index (χ0) is 29.7. The summed E-state index contributed by atoms with van der Waals surface area (Å²) < 4.78 is 42.2. The summed E-state index contributed by atoms with van der Waals surface area (Å²) in [6.07, 6.45) is 0.330. The number of aliphatic hydroxyl groups excluding tert-OH is 1. The number of ketones is 1. The fourth-order valence-corrected chi connectivity index (χ4v) is 5.16. The monoisotopic (exact) mass is 572 g/mol. The zero-order valence-electron chi connectivity index (χ0n) is 24.1. The van der Waals surface area contributed by atoms with Crippen LogP contribution in [0.5, 0.6) is 23.0 Å². The number of likely N-dealkylation sites (tertiary alicyclic amines) is 1. The van der Waals surface area contributed by atoms with Crippen molar-refractivity contribution in [2.24, 2.45) is 0 Å². The van der Waals surface area contributed by atoms with Crippen molar-refractivity contribution in [2.45, 2.75) is 32.4 Å². The van der Waals surface area contributed by atoms with E-state index in [9.17, 15) is 19.1 Å². The first kappa shape index (κ1) is 30.1. The van der Waals surface area contributed by atoms with E-state index in [-0.39, 0.29) is 29.5 Å². The van der Waals surface area contributed by atoms with Gasteiger partial charge >= 0.3 is 0 Å². The Morgan fingerprint density at radius 2 is 1.66 bits per heavy atom. The second-order valence-electron chi connectivity index (χ2n) is 10.1. The van der Waals surface area contributed by atoms with Crippen molar-refractivity contribution in [3.8, 4) is 23.0 Å². The highest BCUT2D eigenvalue weighted by Gasteiger charge is 2.46. The van der Waals surface area contributed by atoms with Crippen LogP contribution in [0.3, 0.4) is 0 Å². The van der Waals surface area contributed by atoms with E-state index >= 15 is 0 Å². The summed E-state index contributed by atoms with van der Waals surface area (Å²) in [5, 5.41) is 11.4. The average molecular weight is 573 g/mol. The number of carbonyl (C=O) groups excluding carboxylic acids is 2. The molecule has 41 heavy (non-hydrogen) atoms. The SMILES string of the molecule is COc1cc(C2/C(=C(/O)c3ccc(OC(C)C)c(F)c3)C(=O)C(=O)N2CCCN2CCOCC2)cc(OC)c1OC. The lowest BCUT2D eigenvalue weighted by atomic mass is 9.94. The summed E-state index contributed by atoms with van der Waals surface area (Å²) in [4.78, 5) is 30.5. The van der Waals surface area contributed by atoms with Gasteiger partial charge in [0.1, 0.15) is 5.76 Å². The number of hydrogen-bond acceptors (Lipinski definition) is 9. The molecule has 0 aliphatic carbocycles. The molecule has 1 unspecified atom stereocenters. The molecule has 4 rings (SSSR count). The van der Waals surface area contributed by atoms with Crippen molar-refractivity contribution >= 4 is 17.4 Å². The van der Waals surface area contributed by atoms with E-state index in [1.54, 1.807) is 26.0 Å². The third-order valence-electron chi connectivity index (χ3n) is 7.09. The number of halogens is 1. The van der Waals surface area contributed by atoms with E-state index in [0.717, 1.165) is 19.2 Å². The summed E-state index contributed by atoms with van der Waals surface area (Å²) in [5.74, 6) is -1.82. The molecular formula is C30H37FN2O8. The van der Waals surface area contributed by atoms with Gasteiger partial charge in [-0.1, -0.05) is 0 Å². The van der Waals surface area contributed by atoms with Crippen LogP contribution in [0.4, 0.5) is 4.39 Å². The van der Waals surface area contributed by atoms with Crippen LogP contribution in [0.25, 0.3) is 5.76 Å². The molecule has 222 valence electrons. The number of hydrogen-bond donors (Lipinski definition) is 1. The van der Waals surface area contributed by atoms with Crippen molar-refractivity contribution < 1.29 is 42.8 Å². The Hall–Kier alpha value is -3.83. The quantitative estimate of drug-likeness (QED) is 0.245. The number of rotatable bonds is 11. The minimum Gasteiger partial charge on any atom is -0.507 e. The summed E-state index contributed by atoms with van der Waals surface area (Å²) in [7, 11) is 4.40. The Balaban J connectivity index is 1.79. The van der Waals surface area contributed by atoms with Crippen molar-refractivity contribution in [1.29, 1.82) is 0 Å². The molecule has 1 N–H and O–H groups in total. The lowest BCUT2D eigenvalue weighted by Crippen LogP contribution is -2.39. The molecule has 0 aromatic heterocycles. The minimum absolute atomic E-state index is 0.0151. The molecule has 2 aliphatic heterocycles. The number of nitrogens with zero attached hydrogens (tertiary/aromatic N) is 2. The molecular weight excluding hydrogens is 535 g/mol. The van der Waals surface area contributed by atoms with E-state index in [4.69, 9.17) is 23.7 Å². The van der Waals surface area contributed by atoms with Gasteiger partial charge in [-0.2, -0.15) is 0 Å². The molecule has 0 radical (unpaired) electrons.